The Bertz CT molecular complexity index is 649. The van der Waals surface area contributed by atoms with E-state index in [-0.39, 0.29) is 12.4 Å². The summed E-state index contributed by atoms with van der Waals surface area (Å²) in [6.07, 6.45) is 4.02. The molecule has 0 atom stereocenters. The second-order valence-electron chi connectivity index (χ2n) is 7.40. The van der Waals surface area contributed by atoms with Crippen molar-refractivity contribution >= 4 is 23.4 Å². The highest BCUT2D eigenvalue weighted by Crippen LogP contribution is 2.39. The van der Waals surface area contributed by atoms with Crippen LogP contribution < -0.4 is 5.32 Å². The topological polar surface area (TPSA) is 28.4 Å². The summed E-state index contributed by atoms with van der Waals surface area (Å²) in [4.78, 5) is 2.59. The molecule has 0 saturated carbocycles. The number of nitrogens with zero attached hydrogens (tertiary/aromatic N) is 1. The second-order valence-corrected chi connectivity index (χ2v) is 7.40. The summed E-state index contributed by atoms with van der Waals surface area (Å²) in [6, 6.07) is 6.65. The van der Waals surface area contributed by atoms with Gasteiger partial charge in [0.25, 0.3) is 0 Å². The maximum absolute atomic E-state index is 6.09. The van der Waals surface area contributed by atoms with E-state index in [1.165, 1.54) is 62.0 Å². The molecule has 1 spiro atoms. The van der Waals surface area contributed by atoms with Crippen molar-refractivity contribution in [1.82, 2.24) is 10.2 Å². The SMILES string of the molecule is Cc1cc2cc(CN3CCC4(CCNCC4)C3)oc2cc1C.Cl. The van der Waals surface area contributed by atoms with E-state index < -0.39 is 0 Å². The quantitative estimate of drug-likeness (QED) is 0.898. The molecule has 2 saturated heterocycles. The van der Waals surface area contributed by atoms with Gasteiger partial charge in [-0.25, -0.2) is 0 Å². The molecule has 3 nitrogen and oxygen atoms in total. The molecule has 1 N–H and O–H groups in total. The highest BCUT2D eigenvalue weighted by Gasteiger charge is 2.38. The van der Waals surface area contributed by atoms with Gasteiger partial charge in [-0.15, -0.1) is 12.4 Å². The minimum absolute atomic E-state index is 0. The van der Waals surface area contributed by atoms with E-state index in [0.717, 1.165) is 17.9 Å². The standard InChI is InChI=1S/C19H26N2O.ClH/c1-14-9-16-11-17(22-18(16)10-15(14)2)12-21-8-5-19(13-21)3-6-20-7-4-19;/h9-11,20H,3-8,12-13H2,1-2H3;1H. The zero-order valence-corrected chi connectivity index (χ0v) is 15.0. The van der Waals surface area contributed by atoms with Gasteiger partial charge in [-0.3, -0.25) is 4.90 Å². The average Bonchev–Trinajstić information content (AvgIpc) is 3.05. The van der Waals surface area contributed by atoms with Crippen LogP contribution in [0.15, 0.2) is 22.6 Å². The first-order valence-electron chi connectivity index (χ1n) is 8.56. The number of piperidine rings is 1. The Kier molecular flexibility index (Phi) is 4.73. The van der Waals surface area contributed by atoms with E-state index in [4.69, 9.17) is 4.42 Å². The molecule has 0 amide bonds. The van der Waals surface area contributed by atoms with Crippen molar-refractivity contribution in [2.24, 2.45) is 5.41 Å². The third-order valence-electron chi connectivity index (χ3n) is 5.74. The molecule has 23 heavy (non-hydrogen) atoms. The smallest absolute Gasteiger partial charge is 0.134 e. The largest absolute Gasteiger partial charge is 0.460 e. The molecule has 0 radical (unpaired) electrons. The van der Waals surface area contributed by atoms with Gasteiger partial charge in [0.05, 0.1) is 6.54 Å². The predicted octanol–water partition coefficient (Wildman–Crippen LogP) is 4.05. The van der Waals surface area contributed by atoms with Crippen LogP contribution in [0.4, 0.5) is 0 Å². The monoisotopic (exact) mass is 334 g/mol. The fourth-order valence-electron chi connectivity index (χ4n) is 4.18. The van der Waals surface area contributed by atoms with Crippen molar-refractivity contribution in [3.8, 4) is 0 Å². The van der Waals surface area contributed by atoms with E-state index in [9.17, 15) is 0 Å². The normalized spacial score (nSPS) is 21.0. The van der Waals surface area contributed by atoms with Gasteiger partial charge in [0.1, 0.15) is 11.3 Å². The lowest BCUT2D eigenvalue weighted by molar-refractivity contribution is 0.189. The molecule has 0 bridgehead atoms. The lowest BCUT2D eigenvalue weighted by Gasteiger charge is -2.33. The molecule has 3 heterocycles. The maximum atomic E-state index is 6.09. The molecular formula is C19H27ClN2O. The van der Waals surface area contributed by atoms with Crippen molar-refractivity contribution < 1.29 is 4.42 Å². The number of aryl methyl sites for hydroxylation is 2. The molecule has 0 aliphatic carbocycles. The van der Waals surface area contributed by atoms with Gasteiger partial charge in [-0.05, 0) is 87.5 Å². The Hall–Kier alpha value is -1.03. The molecule has 1 aromatic carbocycles. The first kappa shape index (κ1) is 16.8. The fourth-order valence-corrected chi connectivity index (χ4v) is 4.18. The molecule has 2 aliphatic rings. The summed E-state index contributed by atoms with van der Waals surface area (Å²) >= 11 is 0. The maximum Gasteiger partial charge on any atom is 0.134 e. The molecular weight excluding hydrogens is 308 g/mol. The van der Waals surface area contributed by atoms with E-state index in [0.29, 0.717) is 5.41 Å². The van der Waals surface area contributed by atoms with Crippen molar-refractivity contribution in [1.29, 1.82) is 0 Å². The Balaban J connectivity index is 0.00000156. The van der Waals surface area contributed by atoms with Crippen molar-refractivity contribution in [3.05, 3.63) is 35.1 Å². The van der Waals surface area contributed by atoms with Crippen LogP contribution in [0.2, 0.25) is 0 Å². The number of hydrogen-bond acceptors (Lipinski definition) is 3. The number of benzene rings is 1. The van der Waals surface area contributed by atoms with Crippen LogP contribution in [0, 0.1) is 19.3 Å². The molecule has 2 aliphatic heterocycles. The van der Waals surface area contributed by atoms with Gasteiger partial charge in [-0.1, -0.05) is 0 Å². The number of nitrogens with one attached hydrogen (secondary N) is 1. The number of rotatable bonds is 2. The van der Waals surface area contributed by atoms with Crippen LogP contribution in [0.1, 0.15) is 36.1 Å². The molecule has 2 aromatic rings. The van der Waals surface area contributed by atoms with Gasteiger partial charge in [0, 0.05) is 11.9 Å². The predicted molar refractivity (Wildman–Crippen MR) is 97.4 cm³/mol. The van der Waals surface area contributed by atoms with E-state index >= 15 is 0 Å². The van der Waals surface area contributed by atoms with Gasteiger partial charge in [0.15, 0.2) is 0 Å². The summed E-state index contributed by atoms with van der Waals surface area (Å²) in [5.41, 5.74) is 4.26. The summed E-state index contributed by atoms with van der Waals surface area (Å²) in [5, 5.41) is 4.74. The Labute approximate surface area is 144 Å². The average molecular weight is 335 g/mol. The lowest BCUT2D eigenvalue weighted by atomic mass is 9.78. The second kappa shape index (κ2) is 6.46. The Morgan fingerprint density at radius 2 is 1.83 bits per heavy atom. The van der Waals surface area contributed by atoms with Crippen molar-refractivity contribution in [2.75, 3.05) is 26.2 Å². The molecule has 4 heteroatoms. The van der Waals surface area contributed by atoms with Crippen molar-refractivity contribution in [2.45, 2.75) is 39.7 Å². The minimum Gasteiger partial charge on any atom is -0.460 e. The zero-order valence-electron chi connectivity index (χ0n) is 14.2. The van der Waals surface area contributed by atoms with Gasteiger partial charge in [-0.2, -0.15) is 0 Å². The first-order chi connectivity index (χ1) is 10.6. The van der Waals surface area contributed by atoms with E-state index in [2.05, 4.69) is 42.3 Å². The minimum atomic E-state index is 0. The van der Waals surface area contributed by atoms with Crippen LogP contribution in [0.3, 0.4) is 0 Å². The number of likely N-dealkylation sites (tertiary alicyclic amines) is 1. The molecule has 0 unspecified atom stereocenters. The van der Waals surface area contributed by atoms with E-state index in [1.807, 2.05) is 0 Å². The number of halogens is 1. The number of furan rings is 1. The summed E-state index contributed by atoms with van der Waals surface area (Å²) in [7, 11) is 0. The van der Waals surface area contributed by atoms with E-state index in [1.54, 1.807) is 0 Å². The summed E-state index contributed by atoms with van der Waals surface area (Å²) in [5.74, 6) is 1.12. The van der Waals surface area contributed by atoms with Crippen LogP contribution >= 0.6 is 12.4 Å². The van der Waals surface area contributed by atoms with Crippen LogP contribution in [-0.2, 0) is 6.54 Å². The third kappa shape index (κ3) is 3.28. The summed E-state index contributed by atoms with van der Waals surface area (Å²) < 4.78 is 6.09. The van der Waals surface area contributed by atoms with Gasteiger partial charge < -0.3 is 9.73 Å². The van der Waals surface area contributed by atoms with Crippen molar-refractivity contribution in [3.63, 3.8) is 0 Å². The number of fused-ring (bicyclic) bond motifs is 1. The number of hydrogen-bond donors (Lipinski definition) is 1. The Morgan fingerprint density at radius 3 is 2.61 bits per heavy atom. The highest BCUT2D eigenvalue weighted by atomic mass is 35.5. The Morgan fingerprint density at radius 1 is 1.09 bits per heavy atom. The van der Waals surface area contributed by atoms with Crippen LogP contribution in [0.25, 0.3) is 11.0 Å². The summed E-state index contributed by atoms with van der Waals surface area (Å²) in [6.45, 7) is 10.1. The third-order valence-corrected chi connectivity index (χ3v) is 5.74. The molecule has 1 aromatic heterocycles. The van der Waals surface area contributed by atoms with Crippen LogP contribution in [-0.4, -0.2) is 31.1 Å². The molecule has 2 fully saturated rings. The fraction of sp³-hybridized carbons (Fsp3) is 0.579. The molecule has 4 rings (SSSR count). The molecule has 126 valence electrons. The van der Waals surface area contributed by atoms with Gasteiger partial charge >= 0.3 is 0 Å². The highest BCUT2D eigenvalue weighted by molar-refractivity contribution is 5.85. The van der Waals surface area contributed by atoms with Gasteiger partial charge in [0.2, 0.25) is 0 Å². The first-order valence-corrected chi connectivity index (χ1v) is 8.56. The van der Waals surface area contributed by atoms with Crippen LogP contribution in [0.5, 0.6) is 0 Å². The zero-order chi connectivity index (χ0) is 15.2. The lowest BCUT2D eigenvalue weighted by Crippen LogP contribution is -2.38.